The molecular weight excluding hydrogens is 354 g/mol. The summed E-state index contributed by atoms with van der Waals surface area (Å²) in [6, 6.07) is 9.77. The zero-order valence-corrected chi connectivity index (χ0v) is 15.3. The van der Waals surface area contributed by atoms with Gasteiger partial charge in [-0.2, -0.15) is 4.31 Å². The minimum atomic E-state index is -3.53. The van der Waals surface area contributed by atoms with Crippen molar-refractivity contribution in [2.75, 3.05) is 13.1 Å². The van der Waals surface area contributed by atoms with E-state index in [2.05, 4.69) is 9.98 Å². The van der Waals surface area contributed by atoms with E-state index in [0.29, 0.717) is 18.7 Å². The van der Waals surface area contributed by atoms with E-state index in [0.717, 1.165) is 5.69 Å². The highest BCUT2D eigenvalue weighted by Crippen LogP contribution is 2.21. The van der Waals surface area contributed by atoms with Crippen LogP contribution in [0.3, 0.4) is 0 Å². The summed E-state index contributed by atoms with van der Waals surface area (Å²) < 4.78 is 31.6. The van der Waals surface area contributed by atoms with Crippen molar-refractivity contribution in [3.63, 3.8) is 0 Å². The quantitative estimate of drug-likeness (QED) is 0.622. The first-order valence-electron chi connectivity index (χ1n) is 8.22. The fourth-order valence-electron chi connectivity index (χ4n) is 2.60. The van der Waals surface area contributed by atoms with Gasteiger partial charge in [-0.25, -0.2) is 18.2 Å². The van der Waals surface area contributed by atoms with Crippen LogP contribution in [0.2, 0.25) is 0 Å². The van der Waals surface area contributed by atoms with Crippen LogP contribution < -0.4 is 0 Å². The van der Waals surface area contributed by atoms with Crippen LogP contribution in [-0.2, 0) is 19.6 Å². The van der Waals surface area contributed by atoms with E-state index >= 15 is 0 Å². The lowest BCUT2D eigenvalue weighted by molar-refractivity contribution is -0.129. The largest absolute Gasteiger partial charge is 0.402 e. The average Bonchev–Trinajstić information content (AvgIpc) is 3.26. The first-order valence-corrected chi connectivity index (χ1v) is 9.66. The Hall–Kier alpha value is -2.71. The highest BCUT2D eigenvalue weighted by atomic mass is 32.2. The van der Waals surface area contributed by atoms with Gasteiger partial charge in [-0.15, -0.1) is 0 Å². The number of carbonyl (C=O) groups is 1. The lowest BCUT2D eigenvalue weighted by atomic mass is 10.2. The summed E-state index contributed by atoms with van der Waals surface area (Å²) in [5, 5.41) is 0. The molecule has 0 radical (unpaired) electrons. The molecule has 0 bridgehead atoms. The number of hydrogen-bond acceptors (Lipinski definition) is 5. The first kappa shape index (κ1) is 18.1. The van der Waals surface area contributed by atoms with Crippen molar-refractivity contribution in [2.24, 2.45) is 4.99 Å². The van der Waals surface area contributed by atoms with Gasteiger partial charge < -0.3 is 9.72 Å². The summed E-state index contributed by atoms with van der Waals surface area (Å²) in [6.45, 7) is 4.38. The number of benzene rings is 1. The van der Waals surface area contributed by atoms with Gasteiger partial charge in [-0.05, 0) is 42.5 Å². The number of rotatable bonds is 6. The van der Waals surface area contributed by atoms with E-state index in [1.54, 1.807) is 44.3 Å². The van der Waals surface area contributed by atoms with Crippen LogP contribution in [0.5, 0.6) is 0 Å². The molecule has 26 heavy (non-hydrogen) atoms. The number of aliphatic imine (C=N–C) groups is 1. The Morgan fingerprint density at radius 3 is 2.42 bits per heavy atom. The first-order chi connectivity index (χ1) is 12.5. The molecule has 1 N–H and O–H groups in total. The molecule has 0 saturated carbocycles. The minimum absolute atomic E-state index is 0.152. The van der Waals surface area contributed by atoms with Crippen molar-refractivity contribution in [1.29, 1.82) is 0 Å². The van der Waals surface area contributed by atoms with Crippen LogP contribution in [0.1, 0.15) is 25.1 Å². The van der Waals surface area contributed by atoms with Crippen LogP contribution in [0.25, 0.3) is 6.08 Å². The number of carbonyl (C=O) groups excluding carboxylic acids is 1. The van der Waals surface area contributed by atoms with Gasteiger partial charge in [0.25, 0.3) is 0 Å². The van der Waals surface area contributed by atoms with E-state index in [1.807, 2.05) is 6.07 Å². The van der Waals surface area contributed by atoms with Crippen molar-refractivity contribution >= 4 is 28.0 Å². The highest BCUT2D eigenvalue weighted by Gasteiger charge is 2.26. The van der Waals surface area contributed by atoms with Gasteiger partial charge in [0.1, 0.15) is 0 Å². The fourth-order valence-corrected chi connectivity index (χ4v) is 4.05. The molecule has 1 aliphatic rings. The molecule has 0 aliphatic carbocycles. The number of H-pyrrole nitrogens is 1. The molecule has 0 spiro atoms. The van der Waals surface area contributed by atoms with Gasteiger partial charge in [-0.1, -0.05) is 13.8 Å². The Kier molecular flexibility index (Phi) is 5.06. The molecular formula is C18H19N3O4S. The topological polar surface area (TPSA) is 91.8 Å². The van der Waals surface area contributed by atoms with E-state index in [9.17, 15) is 13.2 Å². The molecule has 8 heteroatoms. The maximum atomic E-state index is 12.5. The Morgan fingerprint density at radius 1 is 1.15 bits per heavy atom. The lowest BCUT2D eigenvalue weighted by Gasteiger charge is -2.18. The average molecular weight is 373 g/mol. The lowest BCUT2D eigenvalue weighted by Crippen LogP contribution is -2.30. The Bertz CT molecular complexity index is 954. The van der Waals surface area contributed by atoms with Gasteiger partial charge in [0.15, 0.2) is 5.70 Å². The third-order valence-corrected chi connectivity index (χ3v) is 6.04. The molecule has 0 unspecified atom stereocenters. The van der Waals surface area contributed by atoms with E-state index < -0.39 is 16.0 Å². The van der Waals surface area contributed by atoms with E-state index in [-0.39, 0.29) is 16.5 Å². The van der Waals surface area contributed by atoms with Gasteiger partial charge in [0, 0.05) is 30.5 Å². The second-order valence-corrected chi connectivity index (χ2v) is 7.51. The molecule has 2 heterocycles. The number of nitrogens with zero attached hydrogens (tertiary/aromatic N) is 2. The van der Waals surface area contributed by atoms with Gasteiger partial charge >= 0.3 is 5.97 Å². The third-order valence-electron chi connectivity index (χ3n) is 3.98. The van der Waals surface area contributed by atoms with E-state index in [1.165, 1.54) is 16.4 Å². The second-order valence-electron chi connectivity index (χ2n) is 5.58. The van der Waals surface area contributed by atoms with E-state index in [4.69, 9.17) is 4.74 Å². The number of cyclic esters (lactones) is 1. The molecule has 0 fully saturated rings. The van der Waals surface area contributed by atoms with Gasteiger partial charge in [0.2, 0.25) is 15.9 Å². The van der Waals surface area contributed by atoms with Crippen molar-refractivity contribution in [3.05, 3.63) is 59.5 Å². The Balaban J connectivity index is 1.87. The SMILES string of the molecule is CCN(CC)S(=O)(=O)c1ccc(C2=N/C(=C/c3ccc[nH]3)C(=O)O2)cc1. The Morgan fingerprint density at radius 2 is 1.85 bits per heavy atom. The number of hydrogen-bond donors (Lipinski definition) is 1. The summed E-state index contributed by atoms with van der Waals surface area (Å²) in [5.41, 5.74) is 1.46. The maximum absolute atomic E-state index is 12.5. The number of ether oxygens (including phenoxy) is 1. The summed E-state index contributed by atoms with van der Waals surface area (Å²) in [4.78, 5) is 19.3. The van der Waals surface area contributed by atoms with Gasteiger partial charge in [0.05, 0.1) is 4.90 Å². The molecule has 0 saturated heterocycles. The highest BCUT2D eigenvalue weighted by molar-refractivity contribution is 7.89. The van der Waals surface area contributed by atoms with Crippen molar-refractivity contribution < 1.29 is 17.9 Å². The molecule has 1 aliphatic heterocycles. The van der Waals surface area contributed by atoms with Crippen LogP contribution >= 0.6 is 0 Å². The summed E-state index contributed by atoms with van der Waals surface area (Å²) in [7, 11) is -3.53. The molecule has 0 amide bonds. The number of aromatic amines is 1. The normalized spacial score (nSPS) is 16.2. The van der Waals surface area contributed by atoms with Crippen LogP contribution in [0, 0.1) is 0 Å². The number of nitrogens with one attached hydrogen (secondary N) is 1. The number of sulfonamides is 1. The zero-order valence-electron chi connectivity index (χ0n) is 14.5. The molecule has 7 nitrogen and oxygen atoms in total. The molecule has 2 aromatic rings. The predicted molar refractivity (Wildman–Crippen MR) is 97.9 cm³/mol. The maximum Gasteiger partial charge on any atom is 0.363 e. The molecule has 1 aromatic heterocycles. The van der Waals surface area contributed by atoms with Crippen LogP contribution in [-0.4, -0.2) is 42.7 Å². The van der Waals surface area contributed by atoms with Gasteiger partial charge in [-0.3, -0.25) is 0 Å². The molecule has 0 atom stereocenters. The smallest absolute Gasteiger partial charge is 0.363 e. The molecule has 136 valence electrons. The van der Waals surface area contributed by atoms with Crippen molar-refractivity contribution in [2.45, 2.75) is 18.7 Å². The third kappa shape index (κ3) is 3.47. The van der Waals surface area contributed by atoms with Crippen LogP contribution in [0.15, 0.2) is 58.2 Å². The monoisotopic (exact) mass is 373 g/mol. The van der Waals surface area contributed by atoms with Crippen molar-refractivity contribution in [1.82, 2.24) is 9.29 Å². The molecule has 3 rings (SSSR count). The summed E-state index contributed by atoms with van der Waals surface area (Å²) in [5.74, 6) is -0.394. The predicted octanol–water partition coefficient (Wildman–Crippen LogP) is 2.39. The summed E-state index contributed by atoms with van der Waals surface area (Å²) in [6.07, 6.45) is 3.33. The van der Waals surface area contributed by atoms with Crippen molar-refractivity contribution in [3.8, 4) is 0 Å². The Labute approximate surface area is 152 Å². The molecule has 1 aromatic carbocycles. The van der Waals surface area contributed by atoms with Crippen LogP contribution in [0.4, 0.5) is 0 Å². The number of aromatic nitrogens is 1. The standard InChI is InChI=1S/C18H19N3O4S/c1-3-21(4-2)26(23,24)15-9-7-13(8-10-15)17-20-16(18(22)25-17)12-14-6-5-11-19-14/h5-12,19H,3-4H2,1-2H3/b16-12+. The number of esters is 1. The zero-order chi connectivity index (χ0) is 18.7. The second kappa shape index (κ2) is 7.27. The summed E-state index contributed by atoms with van der Waals surface area (Å²) >= 11 is 0. The fraction of sp³-hybridized carbons (Fsp3) is 0.222. The minimum Gasteiger partial charge on any atom is -0.402 e.